The average Bonchev–Trinajstić information content (AvgIpc) is 2.65. The van der Waals surface area contributed by atoms with Crippen molar-refractivity contribution in [2.24, 2.45) is 5.10 Å². The molecule has 6 nitrogen and oxygen atoms in total. The molecule has 1 heterocycles. The fourth-order valence-corrected chi connectivity index (χ4v) is 2.89. The number of carbonyl (C=O) groups is 2. The third-order valence-corrected chi connectivity index (χ3v) is 4.85. The van der Waals surface area contributed by atoms with Crippen LogP contribution in [-0.2, 0) is 9.59 Å². The molecule has 9 heteroatoms. The van der Waals surface area contributed by atoms with Gasteiger partial charge >= 0.3 is 11.8 Å². The van der Waals surface area contributed by atoms with Gasteiger partial charge in [0.2, 0.25) is 0 Å². The number of nitrogens with one attached hydrogen (secondary N) is 2. The van der Waals surface area contributed by atoms with E-state index < -0.39 is 11.8 Å². The minimum Gasteiger partial charge on any atom is -0.316 e. The van der Waals surface area contributed by atoms with E-state index in [0.717, 1.165) is 16.5 Å². The predicted molar refractivity (Wildman–Crippen MR) is 112 cm³/mol. The summed E-state index contributed by atoms with van der Waals surface area (Å²) in [6, 6.07) is 12.2. The Hall–Kier alpha value is -2.67. The zero-order chi connectivity index (χ0) is 20.3. The second-order valence-corrected chi connectivity index (χ2v) is 6.96. The number of hydrogen-bond acceptors (Lipinski definition) is 4. The first-order valence-electron chi connectivity index (χ1n) is 8.00. The van der Waals surface area contributed by atoms with Crippen LogP contribution in [0.5, 0.6) is 0 Å². The molecular formula is C19H13Cl3N4O2. The van der Waals surface area contributed by atoms with Crippen molar-refractivity contribution >= 4 is 69.4 Å². The number of rotatable bonds is 3. The lowest BCUT2D eigenvalue weighted by molar-refractivity contribution is -0.136. The number of fused-ring (bicyclic) bond motifs is 1. The molecule has 0 bridgehead atoms. The fourth-order valence-electron chi connectivity index (χ4n) is 2.35. The van der Waals surface area contributed by atoms with Gasteiger partial charge in [0.25, 0.3) is 0 Å². The third kappa shape index (κ3) is 4.59. The number of nitrogens with zero attached hydrogens (tertiary/aromatic N) is 2. The van der Waals surface area contributed by atoms with Gasteiger partial charge in [-0.2, -0.15) is 5.10 Å². The molecule has 1 aromatic heterocycles. The summed E-state index contributed by atoms with van der Waals surface area (Å²) in [5.41, 5.74) is 4.66. The Morgan fingerprint density at radius 3 is 2.64 bits per heavy atom. The predicted octanol–water partition coefficient (Wildman–Crippen LogP) is 4.59. The van der Waals surface area contributed by atoms with Gasteiger partial charge < -0.3 is 5.32 Å². The van der Waals surface area contributed by atoms with Gasteiger partial charge in [-0.3, -0.25) is 9.59 Å². The SMILES string of the molecule is Cc1ccc2cc(/C=N/NC(=O)C(=O)Nc3cccc(Cl)c3Cl)c(Cl)nc2c1. The van der Waals surface area contributed by atoms with E-state index in [1.54, 1.807) is 18.2 Å². The van der Waals surface area contributed by atoms with Crippen LogP contribution in [0.2, 0.25) is 15.2 Å². The largest absolute Gasteiger partial charge is 0.329 e. The Bertz CT molecular complexity index is 1120. The minimum absolute atomic E-state index is 0.137. The van der Waals surface area contributed by atoms with Crippen molar-refractivity contribution < 1.29 is 9.59 Å². The molecular weight excluding hydrogens is 423 g/mol. The molecule has 0 spiro atoms. The molecule has 0 saturated heterocycles. The van der Waals surface area contributed by atoms with Gasteiger partial charge in [0.05, 0.1) is 27.5 Å². The molecule has 0 unspecified atom stereocenters. The van der Waals surface area contributed by atoms with Crippen molar-refractivity contribution in [2.45, 2.75) is 6.92 Å². The molecule has 3 rings (SSSR count). The van der Waals surface area contributed by atoms with E-state index in [9.17, 15) is 9.59 Å². The zero-order valence-electron chi connectivity index (χ0n) is 14.5. The molecule has 0 aliphatic heterocycles. The molecule has 0 aliphatic carbocycles. The van der Waals surface area contributed by atoms with E-state index in [2.05, 4.69) is 20.8 Å². The molecule has 142 valence electrons. The number of pyridine rings is 1. The monoisotopic (exact) mass is 434 g/mol. The molecule has 28 heavy (non-hydrogen) atoms. The topological polar surface area (TPSA) is 83.5 Å². The van der Waals surface area contributed by atoms with E-state index in [1.165, 1.54) is 12.3 Å². The Kier molecular flexibility index (Phi) is 6.14. The van der Waals surface area contributed by atoms with Crippen molar-refractivity contribution in [3.8, 4) is 0 Å². The van der Waals surface area contributed by atoms with Crippen LogP contribution in [0.3, 0.4) is 0 Å². The molecule has 2 aromatic carbocycles. The van der Waals surface area contributed by atoms with Crippen LogP contribution in [0.1, 0.15) is 11.1 Å². The fraction of sp³-hybridized carbons (Fsp3) is 0.0526. The summed E-state index contributed by atoms with van der Waals surface area (Å²) < 4.78 is 0. The highest BCUT2D eigenvalue weighted by Gasteiger charge is 2.15. The number of hydrogen-bond donors (Lipinski definition) is 2. The summed E-state index contributed by atoms with van der Waals surface area (Å²) in [5.74, 6) is -1.92. The Morgan fingerprint density at radius 1 is 1.07 bits per heavy atom. The summed E-state index contributed by atoms with van der Waals surface area (Å²) >= 11 is 18.0. The van der Waals surface area contributed by atoms with Crippen molar-refractivity contribution in [3.05, 3.63) is 68.8 Å². The summed E-state index contributed by atoms with van der Waals surface area (Å²) in [5, 5.41) is 7.61. The van der Waals surface area contributed by atoms with Crippen LogP contribution in [0.4, 0.5) is 5.69 Å². The lowest BCUT2D eigenvalue weighted by atomic mass is 10.1. The van der Waals surface area contributed by atoms with Gasteiger partial charge in [-0.25, -0.2) is 10.4 Å². The first-order chi connectivity index (χ1) is 13.3. The maximum absolute atomic E-state index is 12.0. The normalized spacial score (nSPS) is 11.0. The van der Waals surface area contributed by atoms with Crippen molar-refractivity contribution in [3.63, 3.8) is 0 Å². The number of benzene rings is 2. The van der Waals surface area contributed by atoms with E-state index in [0.29, 0.717) is 5.56 Å². The number of amides is 2. The van der Waals surface area contributed by atoms with Crippen LogP contribution < -0.4 is 10.7 Å². The molecule has 0 saturated carbocycles. The number of carbonyl (C=O) groups excluding carboxylic acids is 2. The summed E-state index contributed by atoms with van der Waals surface area (Å²) in [6.07, 6.45) is 1.31. The van der Waals surface area contributed by atoms with Crippen LogP contribution >= 0.6 is 34.8 Å². The van der Waals surface area contributed by atoms with Crippen LogP contribution in [0.25, 0.3) is 10.9 Å². The molecule has 3 aromatic rings. The lowest BCUT2D eigenvalue weighted by Gasteiger charge is -2.07. The highest BCUT2D eigenvalue weighted by Crippen LogP contribution is 2.29. The molecule has 2 N–H and O–H groups in total. The second-order valence-electron chi connectivity index (χ2n) is 5.82. The van der Waals surface area contributed by atoms with E-state index in [-0.39, 0.29) is 20.9 Å². The zero-order valence-corrected chi connectivity index (χ0v) is 16.7. The highest BCUT2D eigenvalue weighted by atomic mass is 35.5. The highest BCUT2D eigenvalue weighted by molar-refractivity contribution is 6.45. The van der Waals surface area contributed by atoms with Crippen LogP contribution in [0, 0.1) is 6.92 Å². The smallest absolute Gasteiger partial charge is 0.316 e. The Balaban J connectivity index is 1.68. The first kappa shape index (κ1) is 20.1. The van der Waals surface area contributed by atoms with Gasteiger partial charge in [0.1, 0.15) is 5.15 Å². The first-order valence-corrected chi connectivity index (χ1v) is 9.14. The van der Waals surface area contributed by atoms with Gasteiger partial charge in [-0.1, -0.05) is 53.0 Å². The van der Waals surface area contributed by atoms with Gasteiger partial charge in [-0.05, 0) is 36.8 Å². The molecule has 0 aliphatic rings. The standard InChI is InChI=1S/C19H13Cl3N4O2/c1-10-5-6-11-8-12(17(22)24-15(11)7-10)9-23-26-19(28)18(27)25-14-4-2-3-13(20)16(14)21/h2-9H,1H3,(H,25,27)(H,26,28)/b23-9+. The van der Waals surface area contributed by atoms with E-state index >= 15 is 0 Å². The lowest BCUT2D eigenvalue weighted by Crippen LogP contribution is -2.32. The van der Waals surface area contributed by atoms with Gasteiger partial charge in [0, 0.05) is 10.9 Å². The second kappa shape index (κ2) is 8.56. The Morgan fingerprint density at radius 2 is 1.86 bits per heavy atom. The van der Waals surface area contributed by atoms with Crippen LogP contribution in [0.15, 0.2) is 47.6 Å². The Labute approximate surface area is 175 Å². The number of aromatic nitrogens is 1. The molecule has 0 radical (unpaired) electrons. The maximum atomic E-state index is 12.0. The quantitative estimate of drug-likeness (QED) is 0.273. The van der Waals surface area contributed by atoms with Gasteiger partial charge in [0.15, 0.2) is 0 Å². The van der Waals surface area contributed by atoms with Crippen molar-refractivity contribution in [1.29, 1.82) is 0 Å². The summed E-state index contributed by atoms with van der Waals surface area (Å²) in [4.78, 5) is 28.2. The van der Waals surface area contributed by atoms with E-state index in [1.807, 2.05) is 25.1 Å². The van der Waals surface area contributed by atoms with Crippen molar-refractivity contribution in [2.75, 3.05) is 5.32 Å². The molecule has 0 atom stereocenters. The maximum Gasteiger partial charge on any atom is 0.329 e. The van der Waals surface area contributed by atoms with Gasteiger partial charge in [-0.15, -0.1) is 0 Å². The van der Waals surface area contributed by atoms with Crippen LogP contribution in [-0.4, -0.2) is 23.0 Å². The average molecular weight is 436 g/mol. The molecule has 0 fully saturated rings. The van der Waals surface area contributed by atoms with E-state index in [4.69, 9.17) is 34.8 Å². The summed E-state index contributed by atoms with van der Waals surface area (Å²) in [7, 11) is 0. The van der Waals surface area contributed by atoms with Crippen molar-refractivity contribution in [1.82, 2.24) is 10.4 Å². The molecule has 2 amide bonds. The number of halogens is 3. The number of hydrazone groups is 1. The third-order valence-electron chi connectivity index (χ3n) is 3.73. The minimum atomic E-state index is -0.979. The summed E-state index contributed by atoms with van der Waals surface area (Å²) in [6.45, 7) is 1.96. The number of anilines is 1. The number of aryl methyl sites for hydroxylation is 1.